The third-order valence-corrected chi connectivity index (χ3v) is 3.46. The fourth-order valence-corrected chi connectivity index (χ4v) is 1.65. The topological polar surface area (TPSA) is 18.5 Å². The van der Waals surface area contributed by atoms with Gasteiger partial charge in [-0.05, 0) is 34.6 Å². The van der Waals surface area contributed by atoms with Gasteiger partial charge in [0.15, 0.2) is 0 Å². The molecule has 0 aromatic rings. The minimum absolute atomic E-state index is 0.0835. The molecule has 0 aromatic heterocycles. The van der Waals surface area contributed by atoms with Gasteiger partial charge in [0.25, 0.3) is 0 Å². The maximum atomic E-state index is 6.01. The molecule has 0 bridgehead atoms. The molecule has 0 amide bonds. The van der Waals surface area contributed by atoms with Crippen LogP contribution in [0.2, 0.25) is 5.31 Å². The highest BCUT2D eigenvalue weighted by Crippen LogP contribution is 2.45. The van der Waals surface area contributed by atoms with Crippen molar-refractivity contribution in [1.29, 1.82) is 0 Å². The minimum Gasteiger partial charge on any atom is -0.403 e. The quantitative estimate of drug-likeness (QED) is 0.513. The van der Waals surface area contributed by atoms with Crippen LogP contribution in [0, 0.1) is 0 Å². The highest BCUT2D eigenvalue weighted by Gasteiger charge is 2.55. The van der Waals surface area contributed by atoms with E-state index >= 15 is 0 Å². The van der Waals surface area contributed by atoms with Gasteiger partial charge in [-0.3, -0.25) is 0 Å². The highest BCUT2D eigenvalue weighted by atomic mass is 16.7. The largest absolute Gasteiger partial charge is 0.467 e. The third-order valence-electron chi connectivity index (χ3n) is 3.46. The van der Waals surface area contributed by atoms with E-state index in [0.29, 0.717) is 0 Å². The summed E-state index contributed by atoms with van der Waals surface area (Å²) in [4.78, 5) is 0. The van der Waals surface area contributed by atoms with E-state index in [9.17, 15) is 0 Å². The average Bonchev–Trinajstić information content (AvgIpc) is 2.21. The molecule has 1 heterocycles. The Bertz CT molecular complexity index is 251. The molecule has 1 rings (SSSR count). The lowest BCUT2D eigenvalue weighted by atomic mass is 9.60. The molecule has 1 aliphatic rings. The molecule has 0 saturated carbocycles. The highest BCUT2D eigenvalue weighted by molar-refractivity contribution is 6.50. The van der Waals surface area contributed by atoms with E-state index in [2.05, 4.69) is 47.6 Å². The van der Waals surface area contributed by atoms with E-state index in [-0.39, 0.29) is 23.6 Å². The smallest absolute Gasteiger partial charge is 0.403 e. The molecule has 2 nitrogen and oxygen atoms in total. The van der Waals surface area contributed by atoms with Crippen molar-refractivity contribution in [2.45, 2.75) is 65.0 Å². The van der Waals surface area contributed by atoms with Crippen LogP contribution in [0.1, 0.15) is 48.5 Å². The lowest BCUT2D eigenvalue weighted by Gasteiger charge is -2.32. The summed E-state index contributed by atoms with van der Waals surface area (Å²) in [7, 11) is -0.168. The van der Waals surface area contributed by atoms with Gasteiger partial charge in [-0.15, -0.1) is 0 Å². The molecule has 0 radical (unpaired) electrons. The standard InChI is InChI=1S/C12H23BO2/c1-8-9-10(2,3)13-14-11(4,5)12(6,7)15-13/h8-9H,1-7H3/b9-8-. The number of rotatable bonds is 2. The number of hydrogen-bond donors (Lipinski definition) is 0. The van der Waals surface area contributed by atoms with E-state index in [0.717, 1.165) is 0 Å². The Hall–Kier alpha value is -0.275. The van der Waals surface area contributed by atoms with Crippen LogP contribution < -0.4 is 0 Å². The summed E-state index contributed by atoms with van der Waals surface area (Å²) in [6, 6.07) is 0. The lowest BCUT2D eigenvalue weighted by molar-refractivity contribution is 0.00578. The van der Waals surface area contributed by atoms with Gasteiger partial charge in [-0.1, -0.05) is 26.0 Å². The van der Waals surface area contributed by atoms with Crippen LogP contribution in [0.15, 0.2) is 12.2 Å². The van der Waals surface area contributed by atoms with Crippen LogP contribution in [0.5, 0.6) is 0 Å². The van der Waals surface area contributed by atoms with Crippen molar-refractivity contribution in [3.8, 4) is 0 Å². The zero-order chi connectivity index (χ0) is 11.9. The summed E-state index contributed by atoms with van der Waals surface area (Å²) in [5.41, 5.74) is -0.479. The van der Waals surface area contributed by atoms with Crippen LogP contribution in [0.25, 0.3) is 0 Å². The molecular formula is C12H23BO2. The van der Waals surface area contributed by atoms with Crippen molar-refractivity contribution in [2.24, 2.45) is 0 Å². The zero-order valence-corrected chi connectivity index (χ0v) is 11.0. The second-order valence-corrected chi connectivity index (χ2v) is 5.91. The molecule has 3 heteroatoms. The Labute approximate surface area is 94.2 Å². The second kappa shape index (κ2) is 3.64. The molecule has 15 heavy (non-hydrogen) atoms. The van der Waals surface area contributed by atoms with Crippen LogP contribution in [0.4, 0.5) is 0 Å². The van der Waals surface area contributed by atoms with Crippen LogP contribution in [-0.2, 0) is 9.31 Å². The Morgan fingerprint density at radius 1 is 1.00 bits per heavy atom. The predicted octanol–water partition coefficient (Wildman–Crippen LogP) is 3.43. The maximum absolute atomic E-state index is 6.01. The van der Waals surface area contributed by atoms with Crippen molar-refractivity contribution in [1.82, 2.24) is 0 Å². The summed E-state index contributed by atoms with van der Waals surface area (Å²) in [5, 5.41) is -0.0835. The molecule has 86 valence electrons. The maximum Gasteiger partial charge on any atom is 0.467 e. The Kier molecular flexibility index (Phi) is 3.10. The van der Waals surface area contributed by atoms with Crippen molar-refractivity contribution in [3.63, 3.8) is 0 Å². The first-order valence-electron chi connectivity index (χ1n) is 5.62. The molecule has 0 N–H and O–H groups in total. The van der Waals surface area contributed by atoms with Crippen molar-refractivity contribution >= 4 is 7.12 Å². The Balaban J connectivity index is 2.88. The van der Waals surface area contributed by atoms with E-state index in [4.69, 9.17) is 9.31 Å². The molecule has 0 spiro atoms. The van der Waals surface area contributed by atoms with Gasteiger partial charge in [-0.25, -0.2) is 0 Å². The Morgan fingerprint density at radius 3 is 1.73 bits per heavy atom. The number of hydrogen-bond acceptors (Lipinski definition) is 2. The normalized spacial score (nSPS) is 25.1. The molecule has 0 atom stereocenters. The van der Waals surface area contributed by atoms with E-state index in [1.165, 1.54) is 0 Å². The predicted molar refractivity (Wildman–Crippen MR) is 64.9 cm³/mol. The van der Waals surface area contributed by atoms with Crippen LogP contribution in [0.3, 0.4) is 0 Å². The van der Waals surface area contributed by atoms with Crippen LogP contribution in [-0.4, -0.2) is 18.3 Å². The van der Waals surface area contributed by atoms with E-state index < -0.39 is 0 Å². The van der Waals surface area contributed by atoms with Gasteiger partial charge in [0.1, 0.15) is 0 Å². The second-order valence-electron chi connectivity index (χ2n) is 5.91. The Morgan fingerprint density at radius 2 is 1.40 bits per heavy atom. The van der Waals surface area contributed by atoms with Gasteiger partial charge in [0.2, 0.25) is 0 Å². The molecule has 0 unspecified atom stereocenters. The monoisotopic (exact) mass is 210 g/mol. The average molecular weight is 210 g/mol. The molecule has 1 saturated heterocycles. The summed E-state index contributed by atoms with van der Waals surface area (Å²) in [5.74, 6) is 0. The van der Waals surface area contributed by atoms with Crippen LogP contribution >= 0.6 is 0 Å². The molecule has 0 aromatic carbocycles. The zero-order valence-electron chi connectivity index (χ0n) is 11.0. The minimum atomic E-state index is -0.240. The van der Waals surface area contributed by atoms with Crippen molar-refractivity contribution in [2.75, 3.05) is 0 Å². The molecule has 1 aliphatic heterocycles. The van der Waals surface area contributed by atoms with Gasteiger partial charge in [0, 0.05) is 5.31 Å². The number of allylic oxidation sites excluding steroid dienone is 2. The fourth-order valence-electron chi connectivity index (χ4n) is 1.65. The first-order valence-corrected chi connectivity index (χ1v) is 5.62. The molecular weight excluding hydrogens is 187 g/mol. The van der Waals surface area contributed by atoms with E-state index in [1.807, 2.05) is 13.0 Å². The summed E-state index contributed by atoms with van der Waals surface area (Å²) in [6.45, 7) is 14.6. The summed E-state index contributed by atoms with van der Waals surface area (Å²) in [6.07, 6.45) is 4.18. The van der Waals surface area contributed by atoms with Crippen molar-refractivity contribution < 1.29 is 9.31 Å². The third kappa shape index (κ3) is 2.29. The lowest BCUT2D eigenvalue weighted by Crippen LogP contribution is -2.41. The molecule has 1 fully saturated rings. The first-order chi connectivity index (χ1) is 6.62. The summed E-state index contributed by atoms with van der Waals surface area (Å²) < 4.78 is 12.0. The van der Waals surface area contributed by atoms with Gasteiger partial charge >= 0.3 is 7.12 Å². The first kappa shape index (κ1) is 12.8. The fraction of sp³-hybridized carbons (Fsp3) is 0.833. The van der Waals surface area contributed by atoms with Gasteiger partial charge in [-0.2, -0.15) is 0 Å². The van der Waals surface area contributed by atoms with E-state index in [1.54, 1.807) is 0 Å². The summed E-state index contributed by atoms with van der Waals surface area (Å²) >= 11 is 0. The molecule has 0 aliphatic carbocycles. The van der Waals surface area contributed by atoms with Crippen molar-refractivity contribution in [3.05, 3.63) is 12.2 Å². The SMILES string of the molecule is C/C=C\C(C)(C)B1OC(C)(C)C(C)(C)O1. The van der Waals surface area contributed by atoms with Gasteiger partial charge in [0.05, 0.1) is 11.2 Å². The van der Waals surface area contributed by atoms with Gasteiger partial charge < -0.3 is 9.31 Å².